The van der Waals surface area contributed by atoms with Gasteiger partial charge in [0.25, 0.3) is 5.91 Å². The van der Waals surface area contributed by atoms with Crippen molar-refractivity contribution in [3.63, 3.8) is 0 Å². The summed E-state index contributed by atoms with van der Waals surface area (Å²) in [6.07, 6.45) is 0.758. The minimum absolute atomic E-state index is 0.311. The second-order valence-electron chi connectivity index (χ2n) is 4.61. The van der Waals surface area contributed by atoms with Gasteiger partial charge >= 0.3 is 6.03 Å². The van der Waals surface area contributed by atoms with Crippen molar-refractivity contribution in [2.75, 3.05) is 13.6 Å². The molecule has 0 bridgehead atoms. The number of benzene rings is 1. The number of nitrogens with two attached hydrogens (primary N) is 1. The van der Waals surface area contributed by atoms with Crippen LogP contribution < -0.4 is 5.73 Å². The number of likely N-dealkylation sites (N-methyl/N-ethyl adjacent to an activating group) is 1. The van der Waals surface area contributed by atoms with Crippen molar-refractivity contribution >= 4 is 23.5 Å². The highest BCUT2D eigenvalue weighted by atomic mass is 16.2. The van der Waals surface area contributed by atoms with E-state index in [4.69, 9.17) is 5.73 Å². The minimum atomic E-state index is -0.913. The summed E-state index contributed by atoms with van der Waals surface area (Å²) in [4.78, 5) is 31.0. The van der Waals surface area contributed by atoms with E-state index in [-0.39, 0.29) is 6.03 Å². The smallest absolute Gasteiger partial charge is 0.314 e. The Morgan fingerprint density at radius 1 is 1.25 bits per heavy atom. The van der Waals surface area contributed by atoms with Gasteiger partial charge in [0.2, 0.25) is 0 Å². The Bertz CT molecular complexity index is 541. The van der Waals surface area contributed by atoms with E-state index in [9.17, 15) is 9.59 Å². The molecule has 0 aliphatic carbocycles. The molecule has 1 heterocycles. The fraction of sp³-hybridized carbons (Fsp3) is 0.357. The first-order valence-electron chi connectivity index (χ1n) is 6.54. The quantitative estimate of drug-likeness (QED) is 0.903. The third-order valence-electron chi connectivity index (χ3n) is 3.12. The minimum Gasteiger partial charge on any atom is -0.314 e. The summed E-state index contributed by atoms with van der Waals surface area (Å²) in [6.45, 7) is 2.44. The molecule has 6 heteroatoms. The van der Waals surface area contributed by atoms with Crippen molar-refractivity contribution in [2.24, 2.45) is 10.7 Å². The lowest BCUT2D eigenvalue weighted by Gasteiger charge is -2.36. The maximum absolute atomic E-state index is 12.2. The zero-order chi connectivity index (χ0) is 14.7. The molecule has 1 atom stereocenters. The largest absolute Gasteiger partial charge is 0.331 e. The van der Waals surface area contributed by atoms with Crippen LogP contribution in [0.3, 0.4) is 0 Å². The molecular weight excluding hydrogens is 256 g/mol. The van der Waals surface area contributed by atoms with Crippen LogP contribution >= 0.6 is 0 Å². The van der Waals surface area contributed by atoms with Gasteiger partial charge in [-0.15, -0.1) is 0 Å². The highest BCUT2D eigenvalue weighted by Gasteiger charge is 2.40. The first kappa shape index (κ1) is 14.2. The molecule has 0 radical (unpaired) electrons. The van der Waals surface area contributed by atoms with Gasteiger partial charge in [0, 0.05) is 13.6 Å². The topological polar surface area (TPSA) is 79.0 Å². The van der Waals surface area contributed by atoms with Crippen LogP contribution in [0.4, 0.5) is 10.5 Å². The van der Waals surface area contributed by atoms with Crippen LogP contribution in [0.1, 0.15) is 13.3 Å². The molecule has 1 aliphatic rings. The summed E-state index contributed by atoms with van der Waals surface area (Å²) in [5, 5.41) is 0. The Morgan fingerprint density at radius 2 is 1.90 bits per heavy atom. The third kappa shape index (κ3) is 2.55. The second-order valence-corrected chi connectivity index (χ2v) is 4.61. The number of aliphatic imine (C=N–C) groups is 1. The summed E-state index contributed by atoms with van der Waals surface area (Å²) in [5.74, 6) is -0.122. The number of amides is 3. The summed E-state index contributed by atoms with van der Waals surface area (Å²) in [7, 11) is 1.44. The summed E-state index contributed by atoms with van der Waals surface area (Å²) >= 11 is 0. The fourth-order valence-electron chi connectivity index (χ4n) is 2.06. The summed E-state index contributed by atoms with van der Waals surface area (Å²) < 4.78 is 0. The molecule has 0 spiro atoms. The Kier molecular flexibility index (Phi) is 4.14. The monoisotopic (exact) mass is 274 g/mol. The van der Waals surface area contributed by atoms with Gasteiger partial charge in [-0.3, -0.25) is 14.6 Å². The lowest BCUT2D eigenvalue weighted by molar-refractivity contribution is -0.128. The van der Waals surface area contributed by atoms with Gasteiger partial charge in [-0.1, -0.05) is 25.1 Å². The first-order chi connectivity index (χ1) is 9.56. The molecule has 1 aromatic rings. The zero-order valence-electron chi connectivity index (χ0n) is 11.6. The van der Waals surface area contributed by atoms with E-state index >= 15 is 0 Å². The van der Waals surface area contributed by atoms with Gasteiger partial charge in [-0.25, -0.2) is 9.79 Å². The first-order valence-corrected chi connectivity index (χ1v) is 6.54. The van der Waals surface area contributed by atoms with Crippen molar-refractivity contribution < 1.29 is 9.59 Å². The van der Waals surface area contributed by atoms with Crippen molar-refractivity contribution in [1.82, 2.24) is 9.80 Å². The average molecular weight is 274 g/mol. The molecule has 0 saturated carbocycles. The maximum Gasteiger partial charge on any atom is 0.331 e. The number of hydrogen-bond acceptors (Lipinski definition) is 4. The predicted octanol–water partition coefficient (Wildman–Crippen LogP) is 1.35. The molecule has 3 amide bonds. The molecule has 2 N–H and O–H groups in total. The van der Waals surface area contributed by atoms with Gasteiger partial charge in [0.15, 0.2) is 0 Å². The van der Waals surface area contributed by atoms with E-state index in [1.54, 1.807) is 12.1 Å². The van der Waals surface area contributed by atoms with Crippen LogP contribution in [0, 0.1) is 0 Å². The summed E-state index contributed by atoms with van der Waals surface area (Å²) in [5.41, 5.74) is 6.60. The third-order valence-corrected chi connectivity index (χ3v) is 3.12. The normalized spacial score (nSPS) is 21.8. The van der Waals surface area contributed by atoms with Crippen molar-refractivity contribution in [3.05, 3.63) is 30.3 Å². The zero-order valence-corrected chi connectivity index (χ0v) is 11.6. The molecule has 1 aliphatic heterocycles. The number of carbonyl (C=O) groups excluding carboxylic acids is 2. The van der Waals surface area contributed by atoms with Crippen LogP contribution in [-0.4, -0.2) is 47.2 Å². The van der Waals surface area contributed by atoms with Gasteiger partial charge in [-0.2, -0.15) is 0 Å². The van der Waals surface area contributed by atoms with E-state index in [1.807, 2.05) is 25.1 Å². The maximum atomic E-state index is 12.2. The number of para-hydroxylation sites is 1. The molecule has 1 fully saturated rings. The predicted molar refractivity (Wildman–Crippen MR) is 76.7 cm³/mol. The molecule has 106 valence electrons. The van der Waals surface area contributed by atoms with Gasteiger partial charge in [-0.05, 0) is 18.6 Å². The Balaban J connectivity index is 2.42. The molecule has 0 aromatic heterocycles. The number of amidine groups is 1. The highest BCUT2D eigenvalue weighted by Crippen LogP contribution is 2.17. The van der Waals surface area contributed by atoms with Crippen LogP contribution in [0.5, 0.6) is 0 Å². The molecule has 6 nitrogen and oxygen atoms in total. The SMILES string of the molecule is CCCN1C(=O)N(C)C(=O)C(N)/C1=N/c1ccccc1. The standard InChI is InChI=1S/C14H18N4O2/c1-3-9-18-12(16-10-7-5-4-6-8-10)11(15)13(19)17(2)14(18)20/h4-8,11H,3,9,15H2,1-2H3/b16-12-. The van der Waals surface area contributed by atoms with E-state index in [0.29, 0.717) is 18.1 Å². The number of nitrogens with zero attached hydrogens (tertiary/aromatic N) is 3. The van der Waals surface area contributed by atoms with Crippen molar-refractivity contribution in [2.45, 2.75) is 19.4 Å². The van der Waals surface area contributed by atoms with Crippen molar-refractivity contribution in [3.8, 4) is 0 Å². The molecule has 1 unspecified atom stereocenters. The van der Waals surface area contributed by atoms with Gasteiger partial charge in [0.05, 0.1) is 5.69 Å². The van der Waals surface area contributed by atoms with Crippen LogP contribution in [0.15, 0.2) is 35.3 Å². The molecular formula is C14H18N4O2. The van der Waals surface area contributed by atoms with Crippen molar-refractivity contribution in [1.29, 1.82) is 0 Å². The number of carbonyl (C=O) groups is 2. The van der Waals surface area contributed by atoms with Gasteiger partial charge in [0.1, 0.15) is 11.9 Å². The van der Waals surface area contributed by atoms with E-state index in [2.05, 4.69) is 4.99 Å². The Labute approximate surface area is 117 Å². The lowest BCUT2D eigenvalue weighted by Crippen LogP contribution is -2.63. The van der Waals surface area contributed by atoms with E-state index in [0.717, 1.165) is 11.3 Å². The number of rotatable bonds is 3. The highest BCUT2D eigenvalue weighted by molar-refractivity contribution is 6.20. The van der Waals surface area contributed by atoms with Crippen LogP contribution in [-0.2, 0) is 4.79 Å². The average Bonchev–Trinajstić information content (AvgIpc) is 2.47. The molecule has 20 heavy (non-hydrogen) atoms. The van der Waals surface area contributed by atoms with E-state index < -0.39 is 11.9 Å². The number of urea groups is 1. The fourth-order valence-corrected chi connectivity index (χ4v) is 2.06. The lowest BCUT2D eigenvalue weighted by atomic mass is 10.1. The van der Waals surface area contributed by atoms with Crippen LogP contribution in [0.25, 0.3) is 0 Å². The summed E-state index contributed by atoms with van der Waals surface area (Å²) in [6, 6.07) is 7.87. The Hall–Kier alpha value is -2.21. The van der Waals surface area contributed by atoms with Gasteiger partial charge < -0.3 is 5.73 Å². The van der Waals surface area contributed by atoms with Crippen LogP contribution in [0.2, 0.25) is 0 Å². The second kappa shape index (κ2) is 5.83. The number of hydrogen-bond donors (Lipinski definition) is 1. The molecule has 1 aromatic carbocycles. The van der Waals surface area contributed by atoms with E-state index in [1.165, 1.54) is 11.9 Å². The molecule has 2 rings (SSSR count). The molecule has 1 saturated heterocycles. The Morgan fingerprint density at radius 3 is 2.50 bits per heavy atom. The number of imide groups is 1.